The number of carbonyl (C=O) groups is 4. The highest BCUT2D eigenvalue weighted by Gasteiger charge is 2.30. The number of hydrogen-bond donors (Lipinski definition) is 2. The Morgan fingerprint density at radius 1 is 0.714 bits per heavy atom. The highest BCUT2D eigenvalue weighted by molar-refractivity contribution is 5.86. The molecule has 21 heavy (non-hydrogen) atoms. The minimum atomic E-state index is -1.04. The summed E-state index contributed by atoms with van der Waals surface area (Å²) in [6, 6.07) is 0. The predicted octanol–water partition coefficient (Wildman–Crippen LogP) is 1.84. The van der Waals surface area contributed by atoms with Gasteiger partial charge in [0, 0.05) is 0 Å². The van der Waals surface area contributed by atoms with Gasteiger partial charge in [0.05, 0.1) is 25.7 Å². The highest BCUT2D eigenvalue weighted by Crippen LogP contribution is 2.27. The SMILES string of the molecule is CC(C)(CC(=O)O)CC(=O)OC(=O)CC(C)(C)CC(=O)O. The van der Waals surface area contributed by atoms with E-state index < -0.39 is 34.7 Å². The van der Waals surface area contributed by atoms with Crippen LogP contribution in [0.2, 0.25) is 0 Å². The molecule has 0 aliphatic carbocycles. The molecule has 7 nitrogen and oxygen atoms in total. The van der Waals surface area contributed by atoms with Crippen molar-refractivity contribution in [1.29, 1.82) is 0 Å². The molecule has 0 fully saturated rings. The Labute approximate surface area is 123 Å². The van der Waals surface area contributed by atoms with E-state index in [9.17, 15) is 19.2 Å². The van der Waals surface area contributed by atoms with E-state index in [2.05, 4.69) is 4.74 Å². The number of esters is 2. The Morgan fingerprint density at radius 3 is 1.24 bits per heavy atom. The lowest BCUT2D eigenvalue weighted by Gasteiger charge is -2.22. The average molecular weight is 302 g/mol. The first-order valence-electron chi connectivity index (χ1n) is 6.50. The third-order valence-corrected chi connectivity index (χ3v) is 2.73. The lowest BCUT2D eigenvalue weighted by Crippen LogP contribution is -2.27. The summed E-state index contributed by atoms with van der Waals surface area (Å²) in [5.74, 6) is -3.70. The van der Waals surface area contributed by atoms with E-state index in [1.165, 1.54) is 0 Å². The molecule has 120 valence electrons. The van der Waals surface area contributed by atoms with Crippen LogP contribution in [-0.4, -0.2) is 34.1 Å². The maximum absolute atomic E-state index is 11.6. The Balaban J connectivity index is 4.43. The standard InChI is InChI=1S/C14H22O7/c1-13(2,5-9(15)16)7-11(19)21-12(20)8-14(3,4)6-10(17)18/h5-8H2,1-4H3,(H,15,16)(H,17,18). The van der Waals surface area contributed by atoms with Gasteiger partial charge in [0.2, 0.25) is 0 Å². The molecule has 0 aliphatic heterocycles. The quantitative estimate of drug-likeness (QED) is 0.518. The molecule has 0 atom stereocenters. The van der Waals surface area contributed by atoms with Crippen molar-refractivity contribution in [2.24, 2.45) is 10.8 Å². The van der Waals surface area contributed by atoms with Crippen LogP contribution in [0.4, 0.5) is 0 Å². The maximum atomic E-state index is 11.6. The fraction of sp³-hybridized carbons (Fsp3) is 0.714. The summed E-state index contributed by atoms with van der Waals surface area (Å²) >= 11 is 0. The number of ether oxygens (including phenoxy) is 1. The molecule has 0 bridgehead atoms. The van der Waals surface area contributed by atoms with Crippen molar-refractivity contribution in [1.82, 2.24) is 0 Å². The molecule has 0 aromatic heterocycles. The van der Waals surface area contributed by atoms with Gasteiger partial charge >= 0.3 is 23.9 Å². The van der Waals surface area contributed by atoms with Gasteiger partial charge in [-0.1, -0.05) is 27.7 Å². The maximum Gasteiger partial charge on any atom is 0.313 e. The molecule has 0 saturated carbocycles. The first-order chi connectivity index (χ1) is 9.33. The third kappa shape index (κ3) is 9.59. The first kappa shape index (κ1) is 19.1. The summed E-state index contributed by atoms with van der Waals surface area (Å²) in [6.07, 6.45) is -0.851. The van der Waals surface area contributed by atoms with Crippen LogP contribution < -0.4 is 0 Å². The van der Waals surface area contributed by atoms with Gasteiger partial charge < -0.3 is 14.9 Å². The molecule has 0 aromatic rings. The Morgan fingerprint density at radius 2 is 1.00 bits per heavy atom. The van der Waals surface area contributed by atoms with Crippen LogP contribution in [0.1, 0.15) is 53.4 Å². The predicted molar refractivity (Wildman–Crippen MR) is 72.4 cm³/mol. The average Bonchev–Trinajstić information content (AvgIpc) is 2.07. The molecule has 0 aliphatic rings. The second kappa shape index (κ2) is 7.19. The normalized spacial score (nSPS) is 11.8. The number of rotatable bonds is 8. The minimum Gasteiger partial charge on any atom is -0.481 e. The fourth-order valence-electron chi connectivity index (χ4n) is 1.92. The summed E-state index contributed by atoms with van der Waals surface area (Å²) in [7, 11) is 0. The Bertz CT molecular complexity index is 395. The number of carboxylic acid groups (broad SMARTS) is 2. The topological polar surface area (TPSA) is 118 Å². The van der Waals surface area contributed by atoms with Gasteiger partial charge in [-0.15, -0.1) is 0 Å². The van der Waals surface area contributed by atoms with Gasteiger partial charge in [0.15, 0.2) is 0 Å². The molecule has 0 rings (SSSR count). The summed E-state index contributed by atoms with van der Waals surface area (Å²) in [5, 5.41) is 17.4. The molecule has 0 heterocycles. The molecule has 0 amide bonds. The lowest BCUT2D eigenvalue weighted by atomic mass is 9.85. The van der Waals surface area contributed by atoms with E-state index in [1.807, 2.05) is 0 Å². The second-order valence-electron chi connectivity index (χ2n) is 6.67. The summed E-state index contributed by atoms with van der Waals surface area (Å²) in [5.41, 5.74) is -1.64. The van der Waals surface area contributed by atoms with Crippen LogP contribution in [0.3, 0.4) is 0 Å². The minimum absolute atomic E-state index is 0.204. The number of carboxylic acids is 2. The number of carbonyl (C=O) groups excluding carboxylic acids is 2. The van der Waals surface area contributed by atoms with Gasteiger partial charge in [-0.2, -0.15) is 0 Å². The second-order valence-corrected chi connectivity index (χ2v) is 6.67. The van der Waals surface area contributed by atoms with Crippen LogP contribution in [0.25, 0.3) is 0 Å². The van der Waals surface area contributed by atoms with E-state index in [4.69, 9.17) is 10.2 Å². The third-order valence-electron chi connectivity index (χ3n) is 2.73. The lowest BCUT2D eigenvalue weighted by molar-refractivity contribution is -0.162. The van der Waals surface area contributed by atoms with Crippen LogP contribution in [0.15, 0.2) is 0 Å². The van der Waals surface area contributed by atoms with E-state index in [0.29, 0.717) is 0 Å². The van der Waals surface area contributed by atoms with Gasteiger partial charge in [0.1, 0.15) is 0 Å². The summed E-state index contributed by atoms with van der Waals surface area (Å²) in [6.45, 7) is 6.34. The van der Waals surface area contributed by atoms with Crippen molar-refractivity contribution in [3.8, 4) is 0 Å². The van der Waals surface area contributed by atoms with Crippen molar-refractivity contribution in [2.75, 3.05) is 0 Å². The Hall–Kier alpha value is -1.92. The zero-order chi connectivity index (χ0) is 16.8. The zero-order valence-corrected chi connectivity index (χ0v) is 12.8. The molecule has 0 saturated heterocycles. The largest absolute Gasteiger partial charge is 0.481 e. The molecule has 0 radical (unpaired) electrons. The molecule has 7 heteroatoms. The number of aliphatic carboxylic acids is 2. The van der Waals surface area contributed by atoms with Gasteiger partial charge in [-0.05, 0) is 10.8 Å². The summed E-state index contributed by atoms with van der Waals surface area (Å²) < 4.78 is 4.62. The van der Waals surface area contributed by atoms with Crippen LogP contribution in [-0.2, 0) is 23.9 Å². The van der Waals surface area contributed by atoms with Crippen molar-refractivity contribution < 1.29 is 34.1 Å². The highest BCUT2D eigenvalue weighted by atomic mass is 16.6. The van der Waals surface area contributed by atoms with Gasteiger partial charge in [-0.25, -0.2) is 0 Å². The van der Waals surface area contributed by atoms with E-state index in [1.54, 1.807) is 27.7 Å². The molecule has 2 N–H and O–H groups in total. The van der Waals surface area contributed by atoms with Gasteiger partial charge in [0.25, 0.3) is 0 Å². The van der Waals surface area contributed by atoms with Crippen molar-refractivity contribution in [3.05, 3.63) is 0 Å². The molecular weight excluding hydrogens is 280 g/mol. The van der Waals surface area contributed by atoms with E-state index >= 15 is 0 Å². The van der Waals surface area contributed by atoms with Crippen molar-refractivity contribution >= 4 is 23.9 Å². The Kier molecular flexibility index (Phi) is 6.53. The van der Waals surface area contributed by atoms with E-state index in [0.717, 1.165) is 0 Å². The van der Waals surface area contributed by atoms with Crippen LogP contribution >= 0.6 is 0 Å². The molecule has 0 unspecified atom stereocenters. The van der Waals surface area contributed by atoms with Crippen LogP contribution in [0, 0.1) is 10.8 Å². The first-order valence-corrected chi connectivity index (χ1v) is 6.50. The van der Waals surface area contributed by atoms with Crippen molar-refractivity contribution in [3.63, 3.8) is 0 Å². The van der Waals surface area contributed by atoms with Crippen molar-refractivity contribution in [2.45, 2.75) is 53.4 Å². The molecule has 0 aromatic carbocycles. The fourth-order valence-corrected chi connectivity index (χ4v) is 1.92. The summed E-state index contributed by atoms with van der Waals surface area (Å²) in [4.78, 5) is 44.5. The monoisotopic (exact) mass is 302 g/mol. The van der Waals surface area contributed by atoms with Crippen LogP contribution in [0.5, 0.6) is 0 Å². The smallest absolute Gasteiger partial charge is 0.313 e. The molecular formula is C14H22O7. The number of hydrogen-bond acceptors (Lipinski definition) is 5. The van der Waals surface area contributed by atoms with Gasteiger partial charge in [-0.3, -0.25) is 19.2 Å². The van der Waals surface area contributed by atoms with E-state index in [-0.39, 0.29) is 25.7 Å². The molecule has 0 spiro atoms. The zero-order valence-electron chi connectivity index (χ0n) is 12.8.